The second-order valence-corrected chi connectivity index (χ2v) is 9.45. The lowest BCUT2D eigenvalue weighted by Gasteiger charge is -2.21. The molecule has 0 aromatic carbocycles. The number of unbranched alkanes of at least 4 members (excludes halogenated alkanes) is 6. The summed E-state index contributed by atoms with van der Waals surface area (Å²) in [6, 6.07) is 0. The monoisotopic (exact) mass is 490 g/mol. The molecular weight excluding hydrogens is 452 g/mol. The molecule has 3 N–H and O–H groups in total. The Hall–Kier alpha value is -2.74. The predicted octanol–water partition coefficient (Wildman–Crippen LogP) is 4.72. The van der Waals surface area contributed by atoms with Crippen molar-refractivity contribution in [3.63, 3.8) is 0 Å². The molecule has 194 valence electrons. The van der Waals surface area contributed by atoms with Gasteiger partial charge in [-0.05, 0) is 56.8 Å². The van der Waals surface area contributed by atoms with Crippen LogP contribution >= 0.6 is 0 Å². The largest absolute Gasteiger partial charge is 0.478 e. The first kappa shape index (κ1) is 28.5. The maximum atomic E-state index is 12.5. The number of allylic oxidation sites excluding steroid dienone is 1. The Balaban J connectivity index is 2.38. The molecule has 0 fully saturated rings. The Morgan fingerprint density at radius 1 is 0.857 bits per heavy atom. The lowest BCUT2D eigenvalue weighted by molar-refractivity contribution is -0.151. The van der Waals surface area contributed by atoms with Crippen LogP contribution in [0.1, 0.15) is 90.4 Å². The second-order valence-electron chi connectivity index (χ2n) is 9.45. The van der Waals surface area contributed by atoms with Crippen LogP contribution < -0.4 is 0 Å². The molecule has 0 spiro atoms. The van der Waals surface area contributed by atoms with E-state index in [0.29, 0.717) is 32.1 Å². The number of hydrogen-bond donors (Lipinski definition) is 3. The van der Waals surface area contributed by atoms with E-state index in [4.69, 9.17) is 9.84 Å². The lowest BCUT2D eigenvalue weighted by Crippen LogP contribution is -2.21. The smallest absolute Gasteiger partial charge is 0.342 e. The van der Waals surface area contributed by atoms with Crippen molar-refractivity contribution in [2.75, 3.05) is 6.61 Å². The second kappa shape index (κ2) is 14.6. The van der Waals surface area contributed by atoms with Crippen LogP contribution in [-0.2, 0) is 23.9 Å². The molecule has 8 heteroatoms. The van der Waals surface area contributed by atoms with Crippen molar-refractivity contribution in [3.8, 4) is 0 Å². The van der Waals surface area contributed by atoms with Crippen molar-refractivity contribution < 1.29 is 39.2 Å². The maximum Gasteiger partial charge on any atom is 0.342 e. The van der Waals surface area contributed by atoms with Crippen LogP contribution in [0.3, 0.4) is 0 Å². The van der Waals surface area contributed by atoms with Gasteiger partial charge in [0.2, 0.25) is 0 Å². The summed E-state index contributed by atoms with van der Waals surface area (Å²) in [5.41, 5.74) is 0.167. The topological polar surface area (TPSA) is 138 Å². The van der Waals surface area contributed by atoms with Crippen molar-refractivity contribution >= 4 is 23.9 Å². The number of carboxylic acid groups (broad SMARTS) is 2. The Morgan fingerprint density at radius 3 is 2.14 bits per heavy atom. The Kier molecular flexibility index (Phi) is 11.9. The van der Waals surface area contributed by atoms with Gasteiger partial charge in [-0.3, -0.25) is 0 Å². The summed E-state index contributed by atoms with van der Waals surface area (Å²) in [4.78, 5) is 49.6. The van der Waals surface area contributed by atoms with E-state index in [2.05, 4.69) is 6.92 Å². The molecule has 0 saturated carbocycles. The highest BCUT2D eigenvalue weighted by Crippen LogP contribution is 2.40. The van der Waals surface area contributed by atoms with Crippen LogP contribution in [0, 0.1) is 11.8 Å². The van der Waals surface area contributed by atoms with E-state index in [1.54, 1.807) is 6.08 Å². The van der Waals surface area contributed by atoms with Gasteiger partial charge in [-0.2, -0.15) is 0 Å². The van der Waals surface area contributed by atoms with Crippen LogP contribution in [0.25, 0.3) is 0 Å². The SMILES string of the molecule is CCCCCCCC[C@@H]1CC2=C(C[C@@H](CCC/C=C/CO)C/C(C(=O)O)=C\1C(=O)O)C(=O)OC2=O. The molecule has 0 amide bonds. The Morgan fingerprint density at radius 2 is 1.51 bits per heavy atom. The number of carbonyl (C=O) groups is 4. The molecule has 0 radical (unpaired) electrons. The summed E-state index contributed by atoms with van der Waals surface area (Å²) in [5, 5.41) is 28.9. The highest BCUT2D eigenvalue weighted by molar-refractivity contribution is 6.12. The first-order chi connectivity index (χ1) is 16.8. The number of carbonyl (C=O) groups excluding carboxylic acids is 2. The van der Waals surface area contributed by atoms with Gasteiger partial charge in [-0.15, -0.1) is 0 Å². The normalized spacial score (nSPS) is 23.1. The molecule has 0 aromatic rings. The fourth-order valence-electron chi connectivity index (χ4n) is 5.07. The van der Waals surface area contributed by atoms with Crippen LogP contribution in [0.15, 0.2) is 34.4 Å². The van der Waals surface area contributed by atoms with Gasteiger partial charge >= 0.3 is 23.9 Å². The van der Waals surface area contributed by atoms with Gasteiger partial charge < -0.3 is 20.1 Å². The number of ether oxygens (including phenoxy) is 1. The van der Waals surface area contributed by atoms with Crippen LogP contribution in [0.5, 0.6) is 0 Å². The lowest BCUT2D eigenvalue weighted by atomic mass is 9.83. The summed E-state index contributed by atoms with van der Waals surface area (Å²) >= 11 is 0. The maximum absolute atomic E-state index is 12.5. The third-order valence-corrected chi connectivity index (χ3v) is 6.86. The molecule has 1 aliphatic heterocycles. The van der Waals surface area contributed by atoms with Crippen molar-refractivity contribution in [2.24, 2.45) is 11.8 Å². The Bertz CT molecular complexity index is 880. The fraction of sp³-hybridized carbons (Fsp3) is 0.630. The molecule has 0 saturated heterocycles. The molecule has 35 heavy (non-hydrogen) atoms. The average Bonchev–Trinajstić information content (AvgIpc) is 3.09. The zero-order valence-corrected chi connectivity index (χ0v) is 20.6. The number of rotatable bonds is 14. The number of carboxylic acids is 2. The summed E-state index contributed by atoms with van der Waals surface area (Å²) in [7, 11) is 0. The first-order valence-electron chi connectivity index (χ1n) is 12.7. The first-order valence-corrected chi connectivity index (χ1v) is 12.7. The summed E-state index contributed by atoms with van der Waals surface area (Å²) in [5.74, 6) is -5.01. The minimum atomic E-state index is -1.29. The predicted molar refractivity (Wildman–Crippen MR) is 129 cm³/mol. The third-order valence-electron chi connectivity index (χ3n) is 6.86. The van der Waals surface area contributed by atoms with Gasteiger partial charge in [0.15, 0.2) is 0 Å². The summed E-state index contributed by atoms with van der Waals surface area (Å²) in [6.07, 6.45) is 11.9. The molecule has 2 aliphatic rings. The standard InChI is InChI=1S/C27H38O8/c1-2-3-4-5-6-10-13-19-17-21-20(26(33)35-27(21)34)15-18(12-9-7-8-11-14-28)16-22(24(29)30)23(19)25(31)32/h8,11,18-19,28H,2-7,9-10,12-17H2,1H3,(H,29,30)(H,31,32)/b11-8+,23-22-/t18-,19-/m1/s1. The third kappa shape index (κ3) is 8.46. The zero-order chi connectivity index (χ0) is 25.8. The van der Waals surface area contributed by atoms with E-state index < -0.39 is 29.8 Å². The van der Waals surface area contributed by atoms with Crippen molar-refractivity contribution in [3.05, 3.63) is 34.4 Å². The van der Waals surface area contributed by atoms with E-state index >= 15 is 0 Å². The molecule has 0 unspecified atom stereocenters. The highest BCUT2D eigenvalue weighted by Gasteiger charge is 2.40. The summed E-state index contributed by atoms with van der Waals surface area (Å²) in [6.45, 7) is 2.06. The van der Waals surface area contributed by atoms with Gasteiger partial charge in [-0.1, -0.05) is 57.6 Å². The minimum Gasteiger partial charge on any atom is -0.478 e. The number of aliphatic hydroxyl groups excluding tert-OH is 1. The molecule has 2 rings (SSSR count). The van der Waals surface area contributed by atoms with Crippen molar-refractivity contribution in [2.45, 2.75) is 90.4 Å². The van der Waals surface area contributed by atoms with Gasteiger partial charge in [0.1, 0.15) is 0 Å². The van der Waals surface area contributed by atoms with E-state index in [1.807, 2.05) is 6.08 Å². The van der Waals surface area contributed by atoms with E-state index in [9.17, 15) is 29.4 Å². The van der Waals surface area contributed by atoms with Crippen LogP contribution in [0.4, 0.5) is 0 Å². The molecule has 8 nitrogen and oxygen atoms in total. The minimum absolute atomic E-state index is 0.000756. The molecule has 1 aliphatic carbocycles. The molecule has 1 heterocycles. The van der Waals surface area contributed by atoms with E-state index in [1.165, 1.54) is 0 Å². The number of aliphatic hydroxyl groups is 1. The van der Waals surface area contributed by atoms with Crippen LogP contribution in [0.2, 0.25) is 0 Å². The molecule has 2 atom stereocenters. The summed E-state index contributed by atoms with van der Waals surface area (Å²) < 4.78 is 4.88. The molecular formula is C27H38O8. The number of cyclic esters (lactones) is 2. The number of hydrogen-bond acceptors (Lipinski definition) is 6. The molecule has 0 aromatic heterocycles. The van der Waals surface area contributed by atoms with Crippen LogP contribution in [-0.4, -0.2) is 45.8 Å². The Labute approximate surface area is 206 Å². The van der Waals surface area contributed by atoms with Crippen molar-refractivity contribution in [1.82, 2.24) is 0 Å². The highest BCUT2D eigenvalue weighted by atomic mass is 16.6. The van der Waals surface area contributed by atoms with Gasteiger partial charge in [0.05, 0.1) is 12.2 Å². The number of esters is 2. The quantitative estimate of drug-likeness (QED) is 0.138. The fourth-order valence-corrected chi connectivity index (χ4v) is 5.07. The van der Waals surface area contributed by atoms with Crippen molar-refractivity contribution in [1.29, 1.82) is 0 Å². The number of aliphatic carboxylic acids is 2. The molecule has 0 bridgehead atoms. The van der Waals surface area contributed by atoms with Gasteiger partial charge in [0, 0.05) is 16.7 Å². The zero-order valence-electron chi connectivity index (χ0n) is 20.6. The average molecular weight is 491 g/mol. The van der Waals surface area contributed by atoms with E-state index in [0.717, 1.165) is 32.1 Å². The van der Waals surface area contributed by atoms with Gasteiger partial charge in [-0.25, -0.2) is 19.2 Å². The van der Waals surface area contributed by atoms with Gasteiger partial charge in [0.25, 0.3) is 0 Å². The van der Waals surface area contributed by atoms with E-state index in [-0.39, 0.29) is 54.1 Å².